The van der Waals surface area contributed by atoms with Gasteiger partial charge >= 0.3 is 0 Å². The average Bonchev–Trinajstić information content (AvgIpc) is 3.42. The van der Waals surface area contributed by atoms with E-state index >= 15 is 0 Å². The molecule has 0 radical (unpaired) electrons. The van der Waals surface area contributed by atoms with E-state index in [9.17, 15) is 5.26 Å². The van der Waals surface area contributed by atoms with Gasteiger partial charge in [0.15, 0.2) is 5.71 Å². The van der Waals surface area contributed by atoms with Gasteiger partial charge in [-0.2, -0.15) is 9.84 Å². The Labute approximate surface area is 438 Å². The molecule has 0 unspecified atom stereocenters. The van der Waals surface area contributed by atoms with Gasteiger partial charge in [-0.15, -0.1) is 0 Å². The maximum absolute atomic E-state index is 11.0. The van der Waals surface area contributed by atoms with E-state index in [-0.39, 0.29) is 0 Å². The van der Waals surface area contributed by atoms with Gasteiger partial charge in [-0.1, -0.05) is 162 Å². The highest BCUT2D eigenvalue weighted by molar-refractivity contribution is 6.18. The first kappa shape index (κ1) is 57.2. The molecule has 4 aromatic carbocycles. The first-order valence-corrected chi connectivity index (χ1v) is 28.8. The van der Waals surface area contributed by atoms with E-state index in [0.717, 1.165) is 130 Å². The Morgan fingerprint density at radius 1 is 0.514 bits per heavy atom. The fourth-order valence-electron chi connectivity index (χ4n) is 10.3. The second kappa shape index (κ2) is 31.7. The SMILES string of the molecule is [C-]#[N+]c1cc(C(CCCC)CCCC)ccc1N(c1ccc(C(CCCC)CCCC)cc1)c1ccc([N+](=C2C=CC(=[N+](CCCC)CCCC)C=C2)c2ccc(N(CCCC)CCCC)cc2C#N)cc1. The van der Waals surface area contributed by atoms with Crippen molar-refractivity contribution in [3.8, 4) is 6.07 Å². The van der Waals surface area contributed by atoms with Crippen molar-refractivity contribution >= 4 is 51.2 Å². The number of nitrogens with zero attached hydrogens (tertiary/aromatic N) is 6. The molecule has 0 amide bonds. The van der Waals surface area contributed by atoms with Crippen LogP contribution in [0.5, 0.6) is 0 Å². The van der Waals surface area contributed by atoms with Crippen molar-refractivity contribution in [2.45, 2.75) is 196 Å². The molecule has 1 aliphatic carbocycles. The number of hydrogen-bond donors (Lipinski definition) is 0. The minimum absolute atomic E-state index is 0.452. The maximum Gasteiger partial charge on any atom is 0.229 e. The standard InChI is InChI=1S/C66H92N6/c1-10-18-26-53(27-19-11-2)55-30-33-59(34-31-55)72(66-44-32-56(51-64(66)68-9)54(28-20-12-3)29-21-13-4)62-41-39-61(40-42-62)71(60-37-35-58(36-38-60)69(46-22-14-5)47-23-15-6)65-45-43-63(50-57(65)52-67)70(48-24-16-7)49-25-17-8/h30-45,50-51,53-54H,10-29,46-49H2,1-8H3/q+2. The molecule has 0 heterocycles. The van der Waals surface area contributed by atoms with Gasteiger partial charge in [0.2, 0.25) is 22.8 Å². The van der Waals surface area contributed by atoms with Gasteiger partial charge in [0, 0.05) is 85.5 Å². The molecule has 0 spiro atoms. The van der Waals surface area contributed by atoms with E-state index in [1.54, 1.807) is 0 Å². The summed E-state index contributed by atoms with van der Waals surface area (Å²) in [5, 5.41) is 11.0. The summed E-state index contributed by atoms with van der Waals surface area (Å²) in [5.74, 6) is 1.00. The molecular weight excluding hydrogens is 877 g/mol. The first-order valence-electron chi connectivity index (χ1n) is 28.8. The summed E-state index contributed by atoms with van der Waals surface area (Å²) >= 11 is 0. The molecule has 0 fully saturated rings. The summed E-state index contributed by atoms with van der Waals surface area (Å²) in [6.45, 7) is 30.8. The number of nitriles is 1. The van der Waals surface area contributed by atoms with Crippen LogP contribution in [-0.2, 0) is 0 Å². The normalized spacial score (nSPS) is 12.2. The van der Waals surface area contributed by atoms with Gasteiger partial charge in [-0.25, -0.2) is 9.42 Å². The van der Waals surface area contributed by atoms with Crippen molar-refractivity contribution in [1.82, 2.24) is 4.58 Å². The fraction of sp³-hybridized carbons (Fsp3) is 0.515. The van der Waals surface area contributed by atoms with Crippen LogP contribution in [0.1, 0.15) is 212 Å². The van der Waals surface area contributed by atoms with Gasteiger partial charge in [-0.05, 0) is 98.4 Å². The molecule has 4 aromatic rings. The highest BCUT2D eigenvalue weighted by atomic mass is 15.2. The van der Waals surface area contributed by atoms with Crippen molar-refractivity contribution in [1.29, 1.82) is 5.26 Å². The van der Waals surface area contributed by atoms with Crippen molar-refractivity contribution in [3.63, 3.8) is 0 Å². The summed E-state index contributed by atoms with van der Waals surface area (Å²) in [6.07, 6.45) is 32.5. The van der Waals surface area contributed by atoms with Crippen molar-refractivity contribution in [3.05, 3.63) is 137 Å². The third-order valence-corrected chi connectivity index (χ3v) is 14.8. The molecule has 0 atom stereocenters. The largest absolute Gasteiger partial charge is 0.371 e. The van der Waals surface area contributed by atoms with Crippen LogP contribution in [-0.4, -0.2) is 42.2 Å². The van der Waals surface area contributed by atoms with Crippen LogP contribution >= 0.6 is 0 Å². The van der Waals surface area contributed by atoms with Crippen LogP contribution in [0.2, 0.25) is 0 Å². The topological polar surface area (TPSA) is 40.6 Å². The summed E-state index contributed by atoms with van der Waals surface area (Å²) in [5.41, 5.74) is 12.1. The van der Waals surface area contributed by atoms with Gasteiger partial charge < -0.3 is 9.80 Å². The Morgan fingerprint density at radius 3 is 1.46 bits per heavy atom. The Hall–Kier alpha value is -5.72. The molecule has 0 aliphatic heterocycles. The zero-order valence-electron chi connectivity index (χ0n) is 46.2. The molecule has 0 saturated carbocycles. The van der Waals surface area contributed by atoms with Crippen LogP contribution in [0, 0.1) is 17.9 Å². The maximum atomic E-state index is 11.0. The van der Waals surface area contributed by atoms with Crippen LogP contribution in [0.25, 0.3) is 4.85 Å². The van der Waals surface area contributed by atoms with E-state index in [1.807, 2.05) is 0 Å². The molecule has 6 heteroatoms. The van der Waals surface area contributed by atoms with E-state index in [0.29, 0.717) is 23.1 Å². The Kier molecular flexibility index (Phi) is 25.2. The zero-order valence-corrected chi connectivity index (χ0v) is 46.2. The lowest BCUT2D eigenvalue weighted by Crippen LogP contribution is -2.26. The smallest absolute Gasteiger partial charge is 0.229 e. The van der Waals surface area contributed by atoms with Crippen LogP contribution in [0.3, 0.4) is 0 Å². The number of rotatable bonds is 32. The van der Waals surface area contributed by atoms with Gasteiger partial charge in [0.05, 0.1) is 12.3 Å². The lowest BCUT2D eigenvalue weighted by Gasteiger charge is -2.28. The summed E-state index contributed by atoms with van der Waals surface area (Å²) in [7, 11) is 0. The van der Waals surface area contributed by atoms with Gasteiger partial charge in [0.1, 0.15) is 24.7 Å². The lowest BCUT2D eigenvalue weighted by molar-refractivity contribution is -0.527. The van der Waals surface area contributed by atoms with E-state index in [1.165, 1.54) is 81.0 Å². The highest BCUT2D eigenvalue weighted by Crippen LogP contribution is 2.44. The number of unbranched alkanes of at least 4 members (excludes halogenated alkanes) is 8. The first-order chi connectivity index (χ1) is 35.3. The number of allylic oxidation sites excluding steroid dienone is 4. The molecule has 384 valence electrons. The average molecular weight is 970 g/mol. The molecule has 0 bridgehead atoms. The van der Waals surface area contributed by atoms with E-state index in [4.69, 9.17) is 6.57 Å². The predicted molar refractivity (Wildman–Crippen MR) is 314 cm³/mol. The third kappa shape index (κ3) is 16.1. The van der Waals surface area contributed by atoms with Crippen LogP contribution in [0.4, 0.5) is 39.8 Å². The number of hydrogen-bond acceptors (Lipinski definition) is 3. The molecule has 0 N–H and O–H groups in total. The highest BCUT2D eigenvalue weighted by Gasteiger charge is 2.27. The summed E-state index contributed by atoms with van der Waals surface area (Å²) in [6, 6.07) is 33.9. The van der Waals surface area contributed by atoms with Crippen LogP contribution in [0.15, 0.2) is 109 Å². The minimum atomic E-state index is 0.452. The lowest BCUT2D eigenvalue weighted by atomic mass is 9.88. The third-order valence-electron chi connectivity index (χ3n) is 14.8. The van der Waals surface area contributed by atoms with Gasteiger partial charge in [0.25, 0.3) is 0 Å². The van der Waals surface area contributed by atoms with E-state index in [2.05, 4.69) is 194 Å². The molecule has 0 saturated heterocycles. The summed E-state index contributed by atoms with van der Waals surface area (Å²) in [4.78, 5) is 9.03. The minimum Gasteiger partial charge on any atom is -0.371 e. The van der Waals surface area contributed by atoms with Gasteiger partial charge in [-0.3, -0.25) is 0 Å². The van der Waals surface area contributed by atoms with Crippen LogP contribution < -0.4 is 14.4 Å². The van der Waals surface area contributed by atoms with Crippen molar-refractivity contribution in [2.24, 2.45) is 0 Å². The monoisotopic (exact) mass is 969 g/mol. The zero-order chi connectivity index (χ0) is 51.5. The number of benzene rings is 4. The second-order valence-electron chi connectivity index (χ2n) is 20.3. The molecule has 72 heavy (non-hydrogen) atoms. The molecular formula is C66H92N6+2. The second-order valence-corrected chi connectivity index (χ2v) is 20.3. The predicted octanol–water partition coefficient (Wildman–Crippen LogP) is 19.4. The number of anilines is 4. The van der Waals surface area contributed by atoms with Crippen molar-refractivity contribution < 1.29 is 4.58 Å². The molecule has 5 rings (SSSR count). The fourth-order valence-corrected chi connectivity index (χ4v) is 10.3. The summed E-state index contributed by atoms with van der Waals surface area (Å²) < 4.78 is 4.80. The molecule has 0 aromatic heterocycles. The Bertz CT molecular complexity index is 2400. The van der Waals surface area contributed by atoms with Crippen molar-refractivity contribution in [2.75, 3.05) is 36.0 Å². The van der Waals surface area contributed by atoms with E-state index < -0.39 is 0 Å². The Balaban J connectivity index is 1.70. The quantitative estimate of drug-likeness (QED) is 0.0278. The molecule has 1 aliphatic rings. The Morgan fingerprint density at radius 2 is 0.972 bits per heavy atom. The molecule has 6 nitrogen and oxygen atoms in total.